The first-order valence-electron chi connectivity index (χ1n) is 7.10. The Morgan fingerprint density at radius 1 is 1.26 bits per heavy atom. The van der Waals surface area contributed by atoms with Gasteiger partial charge in [-0.1, -0.05) is 6.07 Å². The highest BCUT2D eigenvalue weighted by Crippen LogP contribution is 2.24. The lowest BCUT2D eigenvalue weighted by atomic mass is 10.2. The zero-order valence-electron chi connectivity index (χ0n) is 11.1. The Kier molecular flexibility index (Phi) is 3.69. The van der Waals surface area contributed by atoms with E-state index in [-0.39, 0.29) is 12.0 Å². The first kappa shape index (κ1) is 12.5. The summed E-state index contributed by atoms with van der Waals surface area (Å²) in [5.41, 5.74) is 2.06. The van der Waals surface area contributed by atoms with Crippen molar-refractivity contribution in [3.8, 4) is 0 Å². The summed E-state index contributed by atoms with van der Waals surface area (Å²) in [4.78, 5) is 14.4. The summed E-state index contributed by atoms with van der Waals surface area (Å²) in [5, 5.41) is 2.96. The lowest BCUT2D eigenvalue weighted by Crippen LogP contribution is -2.27. The number of hydrogen-bond acceptors (Lipinski definition) is 3. The molecule has 0 saturated carbocycles. The average Bonchev–Trinajstić information content (AvgIpc) is 3.13. The maximum absolute atomic E-state index is 12.0. The number of ether oxygens (including phenoxy) is 1. The number of amides is 1. The average molecular weight is 260 g/mol. The lowest BCUT2D eigenvalue weighted by molar-refractivity contribution is -0.124. The molecule has 1 N–H and O–H groups in total. The van der Waals surface area contributed by atoms with Gasteiger partial charge in [-0.25, -0.2) is 0 Å². The van der Waals surface area contributed by atoms with Gasteiger partial charge in [0.05, 0.1) is 0 Å². The number of carbonyl (C=O) groups excluding carboxylic acids is 1. The fourth-order valence-electron chi connectivity index (χ4n) is 2.76. The van der Waals surface area contributed by atoms with Crippen LogP contribution in [0.25, 0.3) is 0 Å². The molecule has 0 spiro atoms. The van der Waals surface area contributed by atoms with Crippen molar-refractivity contribution in [1.82, 2.24) is 0 Å². The zero-order valence-corrected chi connectivity index (χ0v) is 11.1. The van der Waals surface area contributed by atoms with Crippen molar-refractivity contribution < 1.29 is 9.53 Å². The Morgan fingerprint density at radius 3 is 2.84 bits per heavy atom. The van der Waals surface area contributed by atoms with E-state index in [0.29, 0.717) is 6.61 Å². The Labute approximate surface area is 113 Å². The monoisotopic (exact) mass is 260 g/mol. The number of anilines is 2. The van der Waals surface area contributed by atoms with E-state index in [4.69, 9.17) is 4.74 Å². The normalized spacial score (nSPS) is 22.7. The van der Waals surface area contributed by atoms with Crippen LogP contribution in [0.15, 0.2) is 24.3 Å². The molecule has 1 aromatic carbocycles. The fourth-order valence-corrected chi connectivity index (χ4v) is 2.76. The van der Waals surface area contributed by atoms with E-state index in [1.807, 2.05) is 12.1 Å². The number of nitrogens with zero attached hydrogens (tertiary/aromatic N) is 1. The number of hydrogen-bond donors (Lipinski definition) is 1. The second kappa shape index (κ2) is 5.61. The number of benzene rings is 1. The maximum Gasteiger partial charge on any atom is 0.253 e. The van der Waals surface area contributed by atoms with Crippen molar-refractivity contribution in [3.63, 3.8) is 0 Å². The van der Waals surface area contributed by atoms with Crippen LogP contribution < -0.4 is 10.2 Å². The number of nitrogens with one attached hydrogen (secondary N) is 1. The van der Waals surface area contributed by atoms with Gasteiger partial charge in [0.15, 0.2) is 0 Å². The smallest absolute Gasteiger partial charge is 0.253 e. The zero-order chi connectivity index (χ0) is 13.1. The van der Waals surface area contributed by atoms with E-state index in [1.165, 1.54) is 18.5 Å². The van der Waals surface area contributed by atoms with Gasteiger partial charge in [0.2, 0.25) is 0 Å². The predicted octanol–water partition coefficient (Wildman–Crippen LogP) is 2.40. The van der Waals surface area contributed by atoms with Gasteiger partial charge in [-0.2, -0.15) is 0 Å². The van der Waals surface area contributed by atoms with Crippen LogP contribution in [0.1, 0.15) is 25.7 Å². The van der Waals surface area contributed by atoms with Gasteiger partial charge < -0.3 is 15.0 Å². The first-order valence-corrected chi connectivity index (χ1v) is 7.10. The van der Waals surface area contributed by atoms with Crippen molar-refractivity contribution in [2.45, 2.75) is 31.8 Å². The molecule has 2 aliphatic rings. The highest BCUT2D eigenvalue weighted by atomic mass is 16.5. The molecular weight excluding hydrogens is 240 g/mol. The topological polar surface area (TPSA) is 41.6 Å². The molecule has 1 unspecified atom stereocenters. The minimum absolute atomic E-state index is 0.0175. The van der Waals surface area contributed by atoms with Crippen molar-refractivity contribution in [2.24, 2.45) is 0 Å². The van der Waals surface area contributed by atoms with E-state index in [9.17, 15) is 4.79 Å². The highest BCUT2D eigenvalue weighted by Gasteiger charge is 2.23. The number of rotatable bonds is 3. The van der Waals surface area contributed by atoms with Gasteiger partial charge in [-0.05, 0) is 43.9 Å². The van der Waals surface area contributed by atoms with Crippen molar-refractivity contribution in [1.29, 1.82) is 0 Å². The Bertz CT molecular complexity index is 449. The van der Waals surface area contributed by atoms with Gasteiger partial charge in [0, 0.05) is 31.1 Å². The predicted molar refractivity (Wildman–Crippen MR) is 75.5 cm³/mol. The molecule has 4 nitrogen and oxygen atoms in total. The highest BCUT2D eigenvalue weighted by molar-refractivity contribution is 5.94. The Balaban J connectivity index is 1.66. The molecule has 1 amide bonds. The van der Waals surface area contributed by atoms with Gasteiger partial charge in [0.1, 0.15) is 6.10 Å². The Hall–Kier alpha value is -1.55. The van der Waals surface area contributed by atoms with Crippen LogP contribution in [0.3, 0.4) is 0 Å². The molecule has 0 aromatic heterocycles. The van der Waals surface area contributed by atoms with E-state index in [1.54, 1.807) is 0 Å². The van der Waals surface area contributed by atoms with Crippen LogP contribution in [-0.2, 0) is 9.53 Å². The molecule has 1 aromatic rings. The molecule has 3 rings (SSSR count). The van der Waals surface area contributed by atoms with Gasteiger partial charge in [0.25, 0.3) is 5.91 Å². The summed E-state index contributed by atoms with van der Waals surface area (Å²) < 4.78 is 5.39. The molecule has 2 fully saturated rings. The Morgan fingerprint density at radius 2 is 2.11 bits per heavy atom. The third-order valence-corrected chi connectivity index (χ3v) is 3.81. The van der Waals surface area contributed by atoms with Gasteiger partial charge >= 0.3 is 0 Å². The largest absolute Gasteiger partial charge is 0.371 e. The summed E-state index contributed by atoms with van der Waals surface area (Å²) in [6.07, 6.45) is 4.05. The van der Waals surface area contributed by atoms with Crippen LogP contribution >= 0.6 is 0 Å². The van der Waals surface area contributed by atoms with Crippen LogP contribution in [-0.4, -0.2) is 31.7 Å². The van der Waals surface area contributed by atoms with E-state index in [2.05, 4.69) is 22.3 Å². The summed E-state index contributed by atoms with van der Waals surface area (Å²) in [5.74, 6) is -0.0175. The molecular formula is C15H20N2O2. The van der Waals surface area contributed by atoms with E-state index in [0.717, 1.165) is 31.6 Å². The molecule has 1 atom stereocenters. The maximum atomic E-state index is 12.0. The van der Waals surface area contributed by atoms with Crippen LogP contribution in [0.4, 0.5) is 11.4 Å². The van der Waals surface area contributed by atoms with Crippen molar-refractivity contribution in [2.75, 3.05) is 29.9 Å². The molecule has 0 aliphatic carbocycles. The number of carbonyl (C=O) groups is 1. The van der Waals surface area contributed by atoms with Crippen molar-refractivity contribution in [3.05, 3.63) is 24.3 Å². The lowest BCUT2D eigenvalue weighted by Gasteiger charge is -2.19. The fraction of sp³-hybridized carbons (Fsp3) is 0.533. The van der Waals surface area contributed by atoms with Crippen molar-refractivity contribution >= 4 is 17.3 Å². The quantitative estimate of drug-likeness (QED) is 0.907. The summed E-state index contributed by atoms with van der Waals surface area (Å²) >= 11 is 0. The summed E-state index contributed by atoms with van der Waals surface area (Å²) in [6.45, 7) is 2.93. The first-order chi connectivity index (χ1) is 9.33. The third kappa shape index (κ3) is 2.89. The second-order valence-electron chi connectivity index (χ2n) is 5.24. The molecule has 2 saturated heterocycles. The SMILES string of the molecule is O=C(Nc1cccc(N2CCCC2)c1)C1CCCO1. The summed E-state index contributed by atoms with van der Waals surface area (Å²) in [7, 11) is 0. The van der Waals surface area contributed by atoms with Crippen LogP contribution in [0, 0.1) is 0 Å². The molecule has 2 heterocycles. The molecule has 0 bridgehead atoms. The standard InChI is InChI=1S/C15H20N2O2/c18-15(14-7-4-10-19-14)16-12-5-3-6-13(11-12)17-8-1-2-9-17/h3,5-6,11,14H,1-2,4,7-10H2,(H,16,18). The minimum atomic E-state index is -0.268. The van der Waals surface area contributed by atoms with E-state index < -0.39 is 0 Å². The second-order valence-corrected chi connectivity index (χ2v) is 5.24. The van der Waals surface area contributed by atoms with Crippen LogP contribution in [0.5, 0.6) is 0 Å². The third-order valence-electron chi connectivity index (χ3n) is 3.81. The molecule has 102 valence electrons. The molecule has 19 heavy (non-hydrogen) atoms. The van der Waals surface area contributed by atoms with Gasteiger partial charge in [-0.3, -0.25) is 4.79 Å². The molecule has 2 aliphatic heterocycles. The minimum Gasteiger partial charge on any atom is -0.371 e. The summed E-state index contributed by atoms with van der Waals surface area (Å²) in [6, 6.07) is 8.09. The van der Waals surface area contributed by atoms with Gasteiger partial charge in [-0.15, -0.1) is 0 Å². The van der Waals surface area contributed by atoms with E-state index >= 15 is 0 Å². The van der Waals surface area contributed by atoms with Crippen LogP contribution in [0.2, 0.25) is 0 Å². The molecule has 4 heteroatoms. The molecule has 0 radical (unpaired) electrons.